The zero-order valence-corrected chi connectivity index (χ0v) is 18.1. The summed E-state index contributed by atoms with van der Waals surface area (Å²) in [7, 11) is 0. The van der Waals surface area contributed by atoms with Gasteiger partial charge in [-0.05, 0) is 51.0 Å². The first-order chi connectivity index (χ1) is 14.0. The molecule has 0 aliphatic carbocycles. The number of hydrazone groups is 1. The lowest BCUT2D eigenvalue weighted by molar-refractivity contribution is -0.122. The Morgan fingerprint density at radius 1 is 1.37 bits per heavy atom. The van der Waals surface area contributed by atoms with Crippen molar-refractivity contribution in [2.75, 3.05) is 24.6 Å². The van der Waals surface area contributed by atoms with Crippen LogP contribution >= 0.6 is 0 Å². The molecule has 0 radical (unpaired) electrons. The molecule has 160 valence electrons. The second-order valence-corrected chi connectivity index (χ2v) is 9.40. The van der Waals surface area contributed by atoms with E-state index in [1.807, 2.05) is 50.8 Å². The molecule has 0 bridgehead atoms. The first-order valence-electron chi connectivity index (χ1n) is 10.1. The van der Waals surface area contributed by atoms with E-state index in [9.17, 15) is 9.59 Å². The minimum absolute atomic E-state index is 0.158. The number of fused-ring (bicyclic) bond motifs is 3. The van der Waals surface area contributed by atoms with Gasteiger partial charge < -0.3 is 19.3 Å². The van der Waals surface area contributed by atoms with Crippen LogP contribution in [0.25, 0.3) is 5.57 Å². The van der Waals surface area contributed by atoms with Crippen LogP contribution in [0.3, 0.4) is 0 Å². The molecule has 0 unspecified atom stereocenters. The average Bonchev–Trinajstić information content (AvgIpc) is 2.65. The Morgan fingerprint density at radius 2 is 2.07 bits per heavy atom. The third-order valence-corrected chi connectivity index (χ3v) is 5.72. The van der Waals surface area contributed by atoms with Crippen molar-refractivity contribution < 1.29 is 19.1 Å². The molecule has 1 N–H and O–H groups in total. The summed E-state index contributed by atoms with van der Waals surface area (Å²) >= 11 is 0. The normalized spacial score (nSPS) is 22.0. The van der Waals surface area contributed by atoms with Crippen LogP contribution in [0.4, 0.5) is 10.5 Å². The first kappa shape index (κ1) is 20.3. The second kappa shape index (κ2) is 6.75. The molecule has 1 aromatic carbocycles. The maximum atomic E-state index is 12.3. The Morgan fingerprint density at radius 3 is 2.73 bits per heavy atom. The van der Waals surface area contributed by atoms with E-state index in [0.717, 1.165) is 16.8 Å². The molecule has 3 heterocycles. The van der Waals surface area contributed by atoms with Gasteiger partial charge in [0.25, 0.3) is 5.91 Å². The van der Waals surface area contributed by atoms with Crippen LogP contribution in [0.5, 0.6) is 5.75 Å². The highest BCUT2D eigenvalue weighted by Gasteiger charge is 2.45. The van der Waals surface area contributed by atoms with Gasteiger partial charge in [-0.15, -0.1) is 0 Å². The van der Waals surface area contributed by atoms with Gasteiger partial charge in [0.15, 0.2) is 5.84 Å². The zero-order chi connectivity index (χ0) is 21.8. The van der Waals surface area contributed by atoms with Gasteiger partial charge in [0.1, 0.15) is 24.0 Å². The monoisotopic (exact) mass is 412 g/mol. The average molecular weight is 412 g/mol. The number of nitrogens with one attached hydrogen (secondary N) is 1. The molecule has 0 spiro atoms. The molecular weight excluding hydrogens is 384 g/mol. The van der Waals surface area contributed by atoms with E-state index in [4.69, 9.17) is 9.47 Å². The number of anilines is 1. The highest BCUT2D eigenvalue weighted by atomic mass is 16.6. The van der Waals surface area contributed by atoms with Crippen molar-refractivity contribution in [1.82, 2.24) is 10.3 Å². The van der Waals surface area contributed by atoms with E-state index in [1.54, 1.807) is 4.90 Å². The molecule has 0 aromatic heterocycles. The predicted octanol–water partition coefficient (Wildman–Crippen LogP) is 2.99. The van der Waals surface area contributed by atoms with Crippen molar-refractivity contribution in [1.29, 1.82) is 0 Å². The van der Waals surface area contributed by atoms with Crippen molar-refractivity contribution in [2.24, 2.45) is 10.5 Å². The van der Waals surface area contributed by atoms with Gasteiger partial charge in [-0.2, -0.15) is 5.10 Å². The lowest BCUT2D eigenvalue weighted by Gasteiger charge is -2.49. The number of rotatable bonds is 2. The van der Waals surface area contributed by atoms with Crippen molar-refractivity contribution in [3.63, 3.8) is 0 Å². The lowest BCUT2D eigenvalue weighted by atomic mass is 9.73. The summed E-state index contributed by atoms with van der Waals surface area (Å²) in [5.41, 5.74) is 4.45. The molecule has 1 atom stereocenters. The highest BCUT2D eigenvalue weighted by Crippen LogP contribution is 2.45. The van der Waals surface area contributed by atoms with Gasteiger partial charge >= 0.3 is 6.09 Å². The fourth-order valence-electron chi connectivity index (χ4n) is 4.01. The summed E-state index contributed by atoms with van der Waals surface area (Å²) in [6, 6.07) is 5.48. The molecule has 1 fully saturated rings. The zero-order valence-electron chi connectivity index (χ0n) is 18.1. The summed E-state index contributed by atoms with van der Waals surface area (Å²) in [4.78, 5) is 28.0. The molecule has 2 amide bonds. The predicted molar refractivity (Wildman–Crippen MR) is 114 cm³/mol. The maximum Gasteiger partial charge on any atom is 0.410 e. The maximum absolute atomic E-state index is 12.3. The Labute approximate surface area is 176 Å². The van der Waals surface area contributed by atoms with Gasteiger partial charge in [-0.3, -0.25) is 4.79 Å². The summed E-state index contributed by atoms with van der Waals surface area (Å²) in [6.07, 6.45) is -0.305. The van der Waals surface area contributed by atoms with Crippen molar-refractivity contribution in [3.05, 3.63) is 30.3 Å². The smallest absolute Gasteiger partial charge is 0.410 e. The first-order valence-corrected chi connectivity index (χ1v) is 10.1. The molecule has 4 rings (SSSR count). The SMILES string of the molecule is C=C(c1ccc2c(c1)N1C(=NNC(=O)[C@H]1C)CO2)C1(C)CN(C(=O)OC(C)(C)C)C1. The second-order valence-electron chi connectivity index (χ2n) is 9.40. The van der Waals surface area contributed by atoms with E-state index in [1.165, 1.54) is 0 Å². The molecule has 30 heavy (non-hydrogen) atoms. The Balaban J connectivity index is 1.54. The Hall–Kier alpha value is -3.03. The number of nitrogens with zero attached hydrogens (tertiary/aromatic N) is 3. The number of amides is 2. The third-order valence-electron chi connectivity index (χ3n) is 5.72. The lowest BCUT2D eigenvalue weighted by Crippen LogP contribution is -2.58. The molecule has 3 aliphatic rings. The van der Waals surface area contributed by atoms with Gasteiger partial charge in [0, 0.05) is 18.5 Å². The molecule has 1 aromatic rings. The van der Waals surface area contributed by atoms with Crippen LogP contribution in [0.1, 0.15) is 40.2 Å². The van der Waals surface area contributed by atoms with Crippen LogP contribution in [0.15, 0.2) is 29.9 Å². The topological polar surface area (TPSA) is 83.5 Å². The van der Waals surface area contributed by atoms with E-state index >= 15 is 0 Å². The van der Waals surface area contributed by atoms with Crippen molar-refractivity contribution in [2.45, 2.75) is 46.3 Å². The van der Waals surface area contributed by atoms with Gasteiger partial charge in [0.05, 0.1) is 5.69 Å². The van der Waals surface area contributed by atoms with Gasteiger partial charge in [-0.25, -0.2) is 10.2 Å². The summed E-state index contributed by atoms with van der Waals surface area (Å²) < 4.78 is 11.3. The molecule has 0 saturated carbocycles. The van der Waals surface area contributed by atoms with Crippen LogP contribution in [0.2, 0.25) is 0 Å². The number of likely N-dealkylation sites (tertiary alicyclic amines) is 1. The molecule has 3 aliphatic heterocycles. The fourth-order valence-corrected chi connectivity index (χ4v) is 4.01. The number of amidine groups is 1. The largest absolute Gasteiger partial charge is 0.483 e. The number of hydrogen-bond donors (Lipinski definition) is 1. The fraction of sp³-hybridized carbons (Fsp3) is 0.500. The summed E-state index contributed by atoms with van der Waals surface area (Å²) in [5.74, 6) is 1.22. The minimum atomic E-state index is -0.519. The van der Waals surface area contributed by atoms with Gasteiger partial charge in [0.2, 0.25) is 0 Å². The van der Waals surface area contributed by atoms with Crippen LogP contribution in [-0.2, 0) is 9.53 Å². The number of ether oxygens (including phenoxy) is 2. The van der Waals surface area contributed by atoms with Crippen LogP contribution in [-0.4, -0.2) is 54.1 Å². The highest BCUT2D eigenvalue weighted by molar-refractivity contribution is 6.09. The van der Waals surface area contributed by atoms with E-state index in [-0.39, 0.29) is 23.5 Å². The molecule has 8 heteroatoms. The number of hydrogen-bond acceptors (Lipinski definition) is 6. The number of carbonyl (C=O) groups is 2. The molecule has 1 saturated heterocycles. The van der Waals surface area contributed by atoms with E-state index < -0.39 is 5.60 Å². The molecular formula is C22H28N4O4. The van der Waals surface area contributed by atoms with E-state index in [0.29, 0.717) is 31.3 Å². The Bertz CT molecular complexity index is 956. The number of carbonyl (C=O) groups excluding carboxylic acids is 2. The third kappa shape index (κ3) is 3.40. The Kier molecular flexibility index (Phi) is 4.56. The summed E-state index contributed by atoms with van der Waals surface area (Å²) in [6.45, 7) is 15.2. The number of benzene rings is 1. The van der Waals surface area contributed by atoms with Gasteiger partial charge in [-0.1, -0.05) is 19.6 Å². The van der Waals surface area contributed by atoms with Crippen LogP contribution < -0.4 is 15.1 Å². The van der Waals surface area contributed by atoms with Crippen molar-refractivity contribution in [3.8, 4) is 5.75 Å². The quantitative estimate of drug-likeness (QED) is 0.807. The molecule has 8 nitrogen and oxygen atoms in total. The minimum Gasteiger partial charge on any atom is -0.483 e. The van der Waals surface area contributed by atoms with E-state index in [2.05, 4.69) is 24.0 Å². The van der Waals surface area contributed by atoms with Crippen molar-refractivity contribution >= 4 is 29.1 Å². The summed E-state index contributed by atoms with van der Waals surface area (Å²) in [5, 5.41) is 4.13. The van der Waals surface area contributed by atoms with Crippen LogP contribution in [0, 0.1) is 5.41 Å². The standard InChI is InChI=1S/C22H28N4O4/c1-13(22(6)11-25(12-22)20(28)30-21(3,4)5)15-7-8-17-16(9-15)26-14(2)19(27)24-23-18(26)10-29-17/h7-9,14H,1,10-12H2,2-6H3,(H,24,27)/t14-/m1/s1.